The zero-order chi connectivity index (χ0) is 12.9. The average Bonchev–Trinajstić information content (AvgIpc) is 2.35. The fourth-order valence-electron chi connectivity index (χ4n) is 1.72. The van der Waals surface area contributed by atoms with Crippen molar-refractivity contribution in [3.8, 4) is 0 Å². The van der Waals surface area contributed by atoms with Gasteiger partial charge < -0.3 is 5.11 Å². The molecule has 0 fully saturated rings. The summed E-state index contributed by atoms with van der Waals surface area (Å²) < 4.78 is 17.0. The molecule has 0 amide bonds. The zero-order valence-corrected chi connectivity index (χ0v) is 11.2. The topological polar surface area (TPSA) is 49.7 Å². The monoisotopic (exact) mass is 253 g/mol. The van der Waals surface area contributed by atoms with Crippen LogP contribution in [0.25, 0.3) is 0 Å². The Morgan fingerprint density at radius 3 is 2.35 bits per heavy atom. The lowest BCUT2D eigenvalue weighted by molar-refractivity contribution is 0.201. The third-order valence-corrected chi connectivity index (χ3v) is 5.36. The molecule has 3 nitrogen and oxygen atoms in total. The molecule has 1 aromatic rings. The highest BCUT2D eigenvalue weighted by atomic mass is 32.2. The molecule has 1 rings (SSSR count). The summed E-state index contributed by atoms with van der Waals surface area (Å²) in [6.45, 7) is 3.48. The molecule has 94 valence electrons. The van der Waals surface area contributed by atoms with Gasteiger partial charge in [0.15, 0.2) is 0 Å². The molecule has 0 saturated carbocycles. The van der Waals surface area contributed by atoms with E-state index >= 15 is 0 Å². The van der Waals surface area contributed by atoms with Gasteiger partial charge in [-0.3, -0.25) is 0 Å². The van der Waals surface area contributed by atoms with Crippen molar-refractivity contribution in [1.82, 2.24) is 0 Å². The zero-order valence-electron chi connectivity index (χ0n) is 10.4. The number of hydrogen-bond acceptors (Lipinski definition) is 3. The third-order valence-electron chi connectivity index (χ3n) is 2.58. The number of rotatable bonds is 4. The maximum atomic E-state index is 12.9. The SMILES string of the molecule is C/C=C/[C@H]([C@@H](C)O)[S@](=O)(=NC)c1ccccc1. The van der Waals surface area contributed by atoms with Gasteiger partial charge in [-0.25, -0.2) is 8.57 Å². The summed E-state index contributed by atoms with van der Waals surface area (Å²) in [5, 5.41) is 9.29. The van der Waals surface area contributed by atoms with E-state index in [1.165, 1.54) is 7.05 Å². The quantitative estimate of drug-likeness (QED) is 0.838. The Labute approximate surface area is 103 Å². The van der Waals surface area contributed by atoms with Gasteiger partial charge in [0.1, 0.15) is 0 Å². The Bertz CT molecular complexity index is 485. The molecule has 0 unspecified atom stereocenters. The van der Waals surface area contributed by atoms with Gasteiger partial charge in [-0.1, -0.05) is 30.4 Å². The van der Waals surface area contributed by atoms with Gasteiger partial charge in [0.2, 0.25) is 0 Å². The third kappa shape index (κ3) is 2.96. The second kappa shape index (κ2) is 5.98. The van der Waals surface area contributed by atoms with Crippen LogP contribution in [0.5, 0.6) is 0 Å². The van der Waals surface area contributed by atoms with E-state index in [0.717, 1.165) is 0 Å². The van der Waals surface area contributed by atoms with E-state index in [1.807, 2.05) is 25.1 Å². The van der Waals surface area contributed by atoms with Crippen LogP contribution in [0.4, 0.5) is 0 Å². The van der Waals surface area contributed by atoms with Crippen molar-refractivity contribution in [2.45, 2.75) is 30.1 Å². The molecule has 0 heterocycles. The van der Waals surface area contributed by atoms with Crippen LogP contribution >= 0.6 is 0 Å². The summed E-state index contributed by atoms with van der Waals surface area (Å²) >= 11 is 0. The molecular weight excluding hydrogens is 234 g/mol. The molecule has 0 aliphatic carbocycles. The molecule has 0 saturated heterocycles. The normalized spacial score (nSPS) is 18.6. The molecule has 0 aliphatic rings. The first-order valence-electron chi connectivity index (χ1n) is 5.56. The second-order valence-corrected chi connectivity index (χ2v) is 6.31. The van der Waals surface area contributed by atoms with Crippen LogP contribution in [0.3, 0.4) is 0 Å². The predicted molar refractivity (Wildman–Crippen MR) is 71.5 cm³/mol. The van der Waals surface area contributed by atoms with Crippen molar-refractivity contribution < 1.29 is 9.32 Å². The number of hydrogen-bond donors (Lipinski definition) is 1. The van der Waals surface area contributed by atoms with Crippen molar-refractivity contribution >= 4 is 9.73 Å². The van der Waals surface area contributed by atoms with Crippen LogP contribution < -0.4 is 0 Å². The summed E-state index contributed by atoms with van der Waals surface area (Å²) in [6.07, 6.45) is 2.85. The van der Waals surface area contributed by atoms with Crippen molar-refractivity contribution in [2.75, 3.05) is 7.05 Å². The van der Waals surface area contributed by atoms with E-state index in [1.54, 1.807) is 31.2 Å². The van der Waals surface area contributed by atoms with Gasteiger partial charge in [0, 0.05) is 11.9 Å². The largest absolute Gasteiger partial charge is 0.392 e. The summed E-state index contributed by atoms with van der Waals surface area (Å²) in [4.78, 5) is 0.659. The van der Waals surface area contributed by atoms with Gasteiger partial charge in [-0.05, 0) is 26.0 Å². The Kier molecular flexibility index (Phi) is 4.90. The van der Waals surface area contributed by atoms with Crippen LogP contribution in [0.2, 0.25) is 0 Å². The molecule has 0 bridgehead atoms. The molecule has 0 radical (unpaired) electrons. The summed E-state index contributed by atoms with van der Waals surface area (Å²) in [5.74, 6) is 0. The second-order valence-electron chi connectivity index (χ2n) is 3.80. The Morgan fingerprint density at radius 2 is 1.94 bits per heavy atom. The Hall–Kier alpha value is -1.13. The minimum Gasteiger partial charge on any atom is -0.392 e. The minimum absolute atomic E-state index is 0.486. The molecule has 1 aromatic carbocycles. The van der Waals surface area contributed by atoms with Crippen LogP contribution in [-0.2, 0) is 9.73 Å². The molecule has 0 aromatic heterocycles. The smallest absolute Gasteiger partial charge is 0.0910 e. The van der Waals surface area contributed by atoms with Gasteiger partial charge in [-0.15, -0.1) is 0 Å². The van der Waals surface area contributed by atoms with Crippen molar-refractivity contribution in [3.05, 3.63) is 42.5 Å². The van der Waals surface area contributed by atoms with E-state index in [-0.39, 0.29) is 0 Å². The first-order valence-corrected chi connectivity index (χ1v) is 7.14. The molecule has 3 atom stereocenters. The van der Waals surface area contributed by atoms with Gasteiger partial charge >= 0.3 is 0 Å². The first kappa shape index (κ1) is 13.9. The summed E-state index contributed by atoms with van der Waals surface area (Å²) in [7, 11) is -1.08. The lowest BCUT2D eigenvalue weighted by Gasteiger charge is -2.21. The fraction of sp³-hybridized carbons (Fsp3) is 0.385. The molecule has 17 heavy (non-hydrogen) atoms. The van der Waals surface area contributed by atoms with Crippen molar-refractivity contribution in [1.29, 1.82) is 0 Å². The van der Waals surface area contributed by atoms with Gasteiger partial charge in [-0.2, -0.15) is 0 Å². The Morgan fingerprint density at radius 1 is 1.35 bits per heavy atom. The summed E-state index contributed by atoms with van der Waals surface area (Å²) in [6, 6.07) is 9.10. The van der Waals surface area contributed by atoms with Crippen LogP contribution in [0.15, 0.2) is 51.7 Å². The minimum atomic E-state index is -2.62. The number of benzene rings is 1. The molecule has 4 heteroatoms. The molecule has 1 N–H and O–H groups in total. The van der Waals surface area contributed by atoms with Crippen molar-refractivity contribution in [3.63, 3.8) is 0 Å². The highest BCUT2D eigenvalue weighted by Crippen LogP contribution is 2.22. The fourth-order valence-corrected chi connectivity index (χ4v) is 3.94. The van der Waals surface area contributed by atoms with Gasteiger partial charge in [0.25, 0.3) is 0 Å². The molecule has 0 aliphatic heterocycles. The average molecular weight is 253 g/mol. The van der Waals surface area contributed by atoms with Crippen LogP contribution in [-0.4, -0.2) is 27.7 Å². The number of aliphatic hydroxyl groups is 1. The van der Waals surface area contributed by atoms with E-state index in [4.69, 9.17) is 0 Å². The number of aliphatic hydroxyl groups excluding tert-OH is 1. The summed E-state index contributed by atoms with van der Waals surface area (Å²) in [5.41, 5.74) is 0. The molecular formula is C13H19NO2S. The first-order chi connectivity index (χ1) is 8.06. The maximum Gasteiger partial charge on any atom is 0.0910 e. The number of allylic oxidation sites excluding steroid dienone is 1. The van der Waals surface area contributed by atoms with Crippen molar-refractivity contribution in [2.24, 2.45) is 4.36 Å². The van der Waals surface area contributed by atoms with E-state index < -0.39 is 21.1 Å². The molecule has 0 spiro atoms. The van der Waals surface area contributed by atoms with Gasteiger partial charge in [0.05, 0.1) is 21.1 Å². The highest BCUT2D eigenvalue weighted by Gasteiger charge is 2.26. The highest BCUT2D eigenvalue weighted by molar-refractivity contribution is 7.94. The van der Waals surface area contributed by atoms with Crippen LogP contribution in [0.1, 0.15) is 13.8 Å². The maximum absolute atomic E-state index is 12.9. The van der Waals surface area contributed by atoms with E-state index in [0.29, 0.717) is 4.90 Å². The van der Waals surface area contributed by atoms with Crippen LogP contribution in [0, 0.1) is 0 Å². The lowest BCUT2D eigenvalue weighted by atomic mass is 10.2. The Balaban J connectivity index is 3.35. The lowest BCUT2D eigenvalue weighted by Crippen LogP contribution is -2.30. The standard InChI is InChI=1S/C13H19NO2S/c1-4-8-13(11(2)15)17(16,14-3)12-9-6-5-7-10-12/h4-11,13,15H,1-3H3/b8-4+/t11-,13-,17+/m1/s1. The van der Waals surface area contributed by atoms with E-state index in [9.17, 15) is 9.32 Å². The van der Waals surface area contributed by atoms with E-state index in [2.05, 4.69) is 4.36 Å². The predicted octanol–water partition coefficient (Wildman–Crippen LogP) is 2.47. The number of nitrogens with zero attached hydrogens (tertiary/aromatic N) is 1.